The molecule has 2 atom stereocenters. The SMILES string of the molecule is CC(CCl)CCCNCCCC1CCCO1. The molecule has 1 aliphatic heterocycles. The smallest absolute Gasteiger partial charge is 0.0576 e. The molecular formula is C13H26ClNO. The molecule has 0 bridgehead atoms. The van der Waals surface area contributed by atoms with Gasteiger partial charge in [-0.3, -0.25) is 0 Å². The highest BCUT2D eigenvalue weighted by Crippen LogP contribution is 2.16. The Kier molecular flexibility index (Phi) is 8.26. The van der Waals surface area contributed by atoms with Crippen molar-refractivity contribution in [2.45, 2.75) is 51.6 Å². The first kappa shape index (κ1) is 14.3. The van der Waals surface area contributed by atoms with Crippen LogP contribution < -0.4 is 5.32 Å². The van der Waals surface area contributed by atoms with Crippen LogP contribution in [0.4, 0.5) is 0 Å². The van der Waals surface area contributed by atoms with E-state index in [1.54, 1.807) is 0 Å². The Morgan fingerprint density at radius 3 is 2.88 bits per heavy atom. The summed E-state index contributed by atoms with van der Waals surface area (Å²) in [5.74, 6) is 1.45. The van der Waals surface area contributed by atoms with Crippen LogP contribution in [0.15, 0.2) is 0 Å². The second-order valence-corrected chi connectivity index (χ2v) is 5.24. The summed E-state index contributed by atoms with van der Waals surface area (Å²) in [5.41, 5.74) is 0. The summed E-state index contributed by atoms with van der Waals surface area (Å²) in [6.07, 6.45) is 8.04. The Balaban J connectivity index is 1.77. The van der Waals surface area contributed by atoms with Gasteiger partial charge < -0.3 is 10.1 Å². The second-order valence-electron chi connectivity index (χ2n) is 4.93. The highest BCUT2D eigenvalue weighted by molar-refractivity contribution is 6.18. The zero-order valence-electron chi connectivity index (χ0n) is 10.5. The summed E-state index contributed by atoms with van der Waals surface area (Å²) < 4.78 is 5.58. The number of alkyl halides is 1. The molecule has 1 saturated heterocycles. The fourth-order valence-electron chi connectivity index (χ4n) is 2.10. The number of rotatable bonds is 9. The van der Waals surface area contributed by atoms with Gasteiger partial charge in [-0.2, -0.15) is 0 Å². The van der Waals surface area contributed by atoms with Crippen molar-refractivity contribution in [1.82, 2.24) is 5.32 Å². The summed E-state index contributed by atoms with van der Waals surface area (Å²) in [7, 11) is 0. The summed E-state index contributed by atoms with van der Waals surface area (Å²) in [6, 6.07) is 0. The molecule has 2 nitrogen and oxygen atoms in total. The van der Waals surface area contributed by atoms with E-state index in [0.717, 1.165) is 25.6 Å². The molecule has 0 amide bonds. The van der Waals surface area contributed by atoms with Crippen LogP contribution in [0.1, 0.15) is 45.4 Å². The molecule has 0 aromatic heterocycles. The van der Waals surface area contributed by atoms with E-state index in [4.69, 9.17) is 16.3 Å². The van der Waals surface area contributed by atoms with Gasteiger partial charge in [0.2, 0.25) is 0 Å². The van der Waals surface area contributed by atoms with Crippen LogP contribution in [0, 0.1) is 5.92 Å². The summed E-state index contributed by atoms with van der Waals surface area (Å²) >= 11 is 5.75. The van der Waals surface area contributed by atoms with Crippen LogP contribution in [-0.4, -0.2) is 31.7 Å². The lowest BCUT2D eigenvalue weighted by molar-refractivity contribution is 0.102. The number of ether oxygens (including phenoxy) is 1. The predicted molar refractivity (Wildman–Crippen MR) is 70.2 cm³/mol. The average molecular weight is 248 g/mol. The van der Waals surface area contributed by atoms with Crippen molar-refractivity contribution in [3.8, 4) is 0 Å². The minimum Gasteiger partial charge on any atom is -0.378 e. The van der Waals surface area contributed by atoms with E-state index in [0.29, 0.717) is 12.0 Å². The summed E-state index contributed by atoms with van der Waals surface area (Å²) in [5, 5.41) is 3.49. The molecule has 0 aliphatic carbocycles. The Labute approximate surface area is 105 Å². The molecule has 96 valence electrons. The standard InChI is InChI=1S/C13H26ClNO/c1-12(11-14)5-2-8-15-9-3-6-13-7-4-10-16-13/h12-13,15H,2-11H2,1H3. The van der Waals surface area contributed by atoms with Gasteiger partial charge in [0.15, 0.2) is 0 Å². The molecule has 0 aromatic rings. The van der Waals surface area contributed by atoms with Crippen LogP contribution in [0.5, 0.6) is 0 Å². The highest BCUT2D eigenvalue weighted by Gasteiger charge is 2.14. The van der Waals surface area contributed by atoms with Crippen molar-refractivity contribution in [3.05, 3.63) is 0 Å². The van der Waals surface area contributed by atoms with Gasteiger partial charge in [-0.1, -0.05) is 6.92 Å². The number of halogens is 1. The minimum atomic E-state index is 0.554. The van der Waals surface area contributed by atoms with Gasteiger partial charge in [-0.25, -0.2) is 0 Å². The molecule has 1 N–H and O–H groups in total. The predicted octanol–water partition coefficient (Wildman–Crippen LogP) is 3.19. The molecule has 0 saturated carbocycles. The molecule has 0 radical (unpaired) electrons. The van der Waals surface area contributed by atoms with Gasteiger partial charge in [-0.05, 0) is 57.5 Å². The molecule has 1 heterocycles. The van der Waals surface area contributed by atoms with E-state index in [1.807, 2.05) is 0 Å². The van der Waals surface area contributed by atoms with E-state index >= 15 is 0 Å². The number of nitrogens with one attached hydrogen (secondary N) is 1. The minimum absolute atomic E-state index is 0.554. The van der Waals surface area contributed by atoms with Crippen molar-refractivity contribution < 1.29 is 4.74 Å². The van der Waals surface area contributed by atoms with Crippen molar-refractivity contribution in [2.24, 2.45) is 5.92 Å². The van der Waals surface area contributed by atoms with E-state index in [2.05, 4.69) is 12.2 Å². The summed E-state index contributed by atoms with van der Waals surface area (Å²) in [4.78, 5) is 0. The number of hydrogen-bond acceptors (Lipinski definition) is 2. The van der Waals surface area contributed by atoms with Crippen molar-refractivity contribution in [1.29, 1.82) is 0 Å². The molecular weight excluding hydrogens is 222 g/mol. The summed E-state index contributed by atoms with van der Waals surface area (Å²) in [6.45, 7) is 5.46. The van der Waals surface area contributed by atoms with Crippen LogP contribution in [-0.2, 0) is 4.74 Å². The third-order valence-electron chi connectivity index (χ3n) is 3.22. The Hall–Kier alpha value is 0.210. The molecule has 0 aromatic carbocycles. The Bertz CT molecular complexity index is 160. The largest absolute Gasteiger partial charge is 0.378 e. The second kappa shape index (κ2) is 9.26. The molecule has 2 unspecified atom stereocenters. The third-order valence-corrected chi connectivity index (χ3v) is 3.74. The van der Waals surface area contributed by atoms with Crippen LogP contribution in [0.3, 0.4) is 0 Å². The number of hydrogen-bond donors (Lipinski definition) is 1. The maximum atomic E-state index is 5.75. The molecule has 1 rings (SSSR count). The third kappa shape index (κ3) is 6.72. The molecule has 1 fully saturated rings. The van der Waals surface area contributed by atoms with Crippen LogP contribution in [0.25, 0.3) is 0 Å². The monoisotopic (exact) mass is 247 g/mol. The Morgan fingerprint density at radius 1 is 1.38 bits per heavy atom. The average Bonchev–Trinajstić information content (AvgIpc) is 2.80. The molecule has 16 heavy (non-hydrogen) atoms. The fourth-order valence-corrected chi connectivity index (χ4v) is 2.26. The lowest BCUT2D eigenvalue weighted by atomic mass is 10.1. The lowest BCUT2D eigenvalue weighted by Gasteiger charge is -2.10. The van der Waals surface area contributed by atoms with E-state index < -0.39 is 0 Å². The van der Waals surface area contributed by atoms with E-state index in [-0.39, 0.29) is 0 Å². The maximum Gasteiger partial charge on any atom is 0.0576 e. The topological polar surface area (TPSA) is 21.3 Å². The van der Waals surface area contributed by atoms with Crippen LogP contribution >= 0.6 is 11.6 Å². The van der Waals surface area contributed by atoms with Gasteiger partial charge >= 0.3 is 0 Å². The van der Waals surface area contributed by atoms with Crippen molar-refractivity contribution in [2.75, 3.05) is 25.6 Å². The highest BCUT2D eigenvalue weighted by atomic mass is 35.5. The molecule has 0 spiro atoms. The van der Waals surface area contributed by atoms with Crippen molar-refractivity contribution >= 4 is 11.6 Å². The van der Waals surface area contributed by atoms with Gasteiger partial charge in [0, 0.05) is 12.5 Å². The van der Waals surface area contributed by atoms with Gasteiger partial charge in [0.1, 0.15) is 0 Å². The van der Waals surface area contributed by atoms with E-state index in [9.17, 15) is 0 Å². The van der Waals surface area contributed by atoms with Crippen molar-refractivity contribution in [3.63, 3.8) is 0 Å². The van der Waals surface area contributed by atoms with Gasteiger partial charge in [-0.15, -0.1) is 11.6 Å². The first-order chi connectivity index (χ1) is 7.83. The zero-order valence-corrected chi connectivity index (χ0v) is 11.3. The first-order valence-corrected chi connectivity index (χ1v) is 7.24. The fraction of sp³-hybridized carbons (Fsp3) is 1.00. The van der Waals surface area contributed by atoms with E-state index in [1.165, 1.54) is 38.5 Å². The first-order valence-electron chi connectivity index (χ1n) is 6.71. The van der Waals surface area contributed by atoms with Gasteiger partial charge in [0.25, 0.3) is 0 Å². The lowest BCUT2D eigenvalue weighted by Crippen LogP contribution is -2.19. The Morgan fingerprint density at radius 2 is 2.19 bits per heavy atom. The normalized spacial score (nSPS) is 22.5. The molecule has 1 aliphatic rings. The zero-order chi connectivity index (χ0) is 11.6. The maximum absolute atomic E-state index is 5.75. The van der Waals surface area contributed by atoms with Crippen LogP contribution in [0.2, 0.25) is 0 Å². The molecule has 3 heteroatoms. The van der Waals surface area contributed by atoms with Gasteiger partial charge in [0.05, 0.1) is 6.10 Å². The quantitative estimate of drug-likeness (QED) is 0.499.